The molecule has 0 bridgehead atoms. The molecule has 0 spiro atoms. The molecule has 0 heterocycles. The van der Waals surface area contributed by atoms with Gasteiger partial charge in [0.05, 0.1) is 0 Å². The fourth-order valence-corrected chi connectivity index (χ4v) is 1.71. The van der Waals surface area contributed by atoms with Crippen LogP contribution in [0.1, 0.15) is 26.3 Å². The van der Waals surface area contributed by atoms with E-state index in [1.54, 1.807) is 0 Å². The Morgan fingerprint density at radius 2 is 1.81 bits per heavy atom. The zero-order valence-corrected chi connectivity index (χ0v) is 13.0. The summed E-state index contributed by atoms with van der Waals surface area (Å²) in [5.74, 6) is -1.73. The lowest BCUT2D eigenvalue weighted by Crippen LogP contribution is -2.39. The third-order valence-electron chi connectivity index (χ3n) is 2.77. The van der Waals surface area contributed by atoms with Gasteiger partial charge in [-0.3, -0.25) is 4.79 Å². The first-order valence-corrected chi connectivity index (χ1v) is 6.96. The first-order valence-electron chi connectivity index (χ1n) is 6.55. The standard InChI is InChI=1S/C14H19F2N3OS/c1-7(2)6-18-14(20)8(3)19-12-10(15)4-9(13(17)21)5-11(12)16/h4-5,7-8,19H,6H2,1-3H3,(H2,17,21)(H,18,20). The van der Waals surface area contributed by atoms with Crippen molar-refractivity contribution in [2.45, 2.75) is 26.8 Å². The second kappa shape index (κ2) is 7.31. The number of carbonyl (C=O) groups is 1. The number of rotatable bonds is 6. The third-order valence-corrected chi connectivity index (χ3v) is 3.00. The summed E-state index contributed by atoms with van der Waals surface area (Å²) in [6.07, 6.45) is 0. The number of benzene rings is 1. The molecule has 1 unspecified atom stereocenters. The van der Waals surface area contributed by atoms with E-state index in [4.69, 9.17) is 5.73 Å². The topological polar surface area (TPSA) is 67.2 Å². The molecule has 0 aromatic heterocycles. The minimum atomic E-state index is -0.846. The Bertz CT molecular complexity index is 526. The molecule has 0 aliphatic rings. The molecule has 1 atom stereocenters. The van der Waals surface area contributed by atoms with Crippen molar-refractivity contribution in [3.8, 4) is 0 Å². The molecular weight excluding hydrogens is 296 g/mol. The summed E-state index contributed by atoms with van der Waals surface area (Å²) in [5.41, 5.74) is 5.06. The smallest absolute Gasteiger partial charge is 0.242 e. The van der Waals surface area contributed by atoms with Crippen molar-refractivity contribution >= 4 is 28.8 Å². The van der Waals surface area contributed by atoms with Crippen LogP contribution < -0.4 is 16.4 Å². The van der Waals surface area contributed by atoms with Crippen molar-refractivity contribution < 1.29 is 13.6 Å². The number of anilines is 1. The Kier molecular flexibility index (Phi) is 6.02. The molecule has 0 saturated carbocycles. The SMILES string of the molecule is CC(C)CNC(=O)C(C)Nc1c(F)cc(C(N)=S)cc1F. The van der Waals surface area contributed by atoms with Gasteiger partial charge in [0.15, 0.2) is 0 Å². The molecule has 1 rings (SSSR count). The maximum atomic E-state index is 13.9. The Balaban J connectivity index is 2.83. The van der Waals surface area contributed by atoms with E-state index >= 15 is 0 Å². The predicted molar refractivity (Wildman–Crippen MR) is 83.2 cm³/mol. The second-order valence-electron chi connectivity index (χ2n) is 5.18. The van der Waals surface area contributed by atoms with Crippen molar-refractivity contribution in [2.75, 3.05) is 11.9 Å². The molecule has 0 aliphatic carbocycles. The molecule has 1 amide bonds. The molecule has 1 aromatic rings. The first-order chi connectivity index (χ1) is 9.72. The fraction of sp³-hybridized carbons (Fsp3) is 0.429. The highest BCUT2D eigenvalue weighted by molar-refractivity contribution is 7.80. The van der Waals surface area contributed by atoms with E-state index in [1.807, 2.05) is 13.8 Å². The largest absolute Gasteiger partial charge is 0.389 e. The molecule has 7 heteroatoms. The maximum absolute atomic E-state index is 13.9. The van der Waals surface area contributed by atoms with Crippen LogP contribution in [-0.4, -0.2) is 23.5 Å². The van der Waals surface area contributed by atoms with E-state index in [0.29, 0.717) is 12.5 Å². The lowest BCUT2D eigenvalue weighted by atomic mass is 10.1. The van der Waals surface area contributed by atoms with Gasteiger partial charge >= 0.3 is 0 Å². The average molecular weight is 315 g/mol. The van der Waals surface area contributed by atoms with E-state index in [9.17, 15) is 13.6 Å². The molecule has 1 aromatic carbocycles. The van der Waals surface area contributed by atoms with Crippen LogP contribution >= 0.6 is 12.2 Å². The van der Waals surface area contributed by atoms with Gasteiger partial charge in [-0.05, 0) is 25.0 Å². The molecule has 116 valence electrons. The van der Waals surface area contributed by atoms with Gasteiger partial charge in [-0.2, -0.15) is 0 Å². The molecule has 4 N–H and O–H groups in total. The molecule has 0 fully saturated rings. The highest BCUT2D eigenvalue weighted by Crippen LogP contribution is 2.21. The van der Waals surface area contributed by atoms with Gasteiger partial charge < -0.3 is 16.4 Å². The molecule has 21 heavy (non-hydrogen) atoms. The quantitative estimate of drug-likeness (QED) is 0.704. The summed E-state index contributed by atoms with van der Waals surface area (Å²) >= 11 is 4.67. The Morgan fingerprint density at radius 1 is 1.29 bits per heavy atom. The minimum Gasteiger partial charge on any atom is -0.389 e. The van der Waals surface area contributed by atoms with E-state index in [-0.39, 0.29) is 22.1 Å². The van der Waals surface area contributed by atoms with Crippen LogP contribution in [-0.2, 0) is 4.79 Å². The van der Waals surface area contributed by atoms with E-state index in [1.165, 1.54) is 6.92 Å². The molecule has 0 saturated heterocycles. The predicted octanol–water partition coefficient (Wildman–Crippen LogP) is 2.17. The maximum Gasteiger partial charge on any atom is 0.242 e. The Hall–Kier alpha value is -1.76. The summed E-state index contributed by atoms with van der Waals surface area (Å²) in [4.78, 5) is 11.7. The van der Waals surface area contributed by atoms with Crippen LogP contribution in [0.5, 0.6) is 0 Å². The average Bonchev–Trinajstić information content (AvgIpc) is 2.39. The number of hydrogen-bond donors (Lipinski definition) is 3. The Labute approximate surface area is 128 Å². The summed E-state index contributed by atoms with van der Waals surface area (Å²) in [5, 5.41) is 5.21. The summed E-state index contributed by atoms with van der Waals surface area (Å²) < 4.78 is 27.7. The van der Waals surface area contributed by atoms with Gasteiger partial charge in [0.25, 0.3) is 0 Å². The molecule has 0 radical (unpaired) electrons. The van der Waals surface area contributed by atoms with Crippen molar-refractivity contribution in [1.82, 2.24) is 5.32 Å². The Morgan fingerprint density at radius 3 is 2.24 bits per heavy atom. The van der Waals surface area contributed by atoms with Crippen LogP contribution in [0.4, 0.5) is 14.5 Å². The van der Waals surface area contributed by atoms with Crippen LogP contribution in [0, 0.1) is 17.6 Å². The minimum absolute atomic E-state index is 0.0953. The van der Waals surface area contributed by atoms with Gasteiger partial charge in [0, 0.05) is 12.1 Å². The van der Waals surface area contributed by atoms with E-state index in [2.05, 4.69) is 22.9 Å². The number of halogens is 2. The van der Waals surface area contributed by atoms with Crippen LogP contribution in [0.2, 0.25) is 0 Å². The van der Waals surface area contributed by atoms with Gasteiger partial charge in [-0.15, -0.1) is 0 Å². The van der Waals surface area contributed by atoms with Crippen molar-refractivity contribution in [1.29, 1.82) is 0 Å². The molecular formula is C14H19F2N3OS. The van der Waals surface area contributed by atoms with Crippen LogP contribution in [0.25, 0.3) is 0 Å². The highest BCUT2D eigenvalue weighted by Gasteiger charge is 2.18. The summed E-state index contributed by atoms with van der Waals surface area (Å²) in [6, 6.07) is 1.29. The normalized spacial score (nSPS) is 12.1. The fourth-order valence-electron chi connectivity index (χ4n) is 1.59. The van der Waals surface area contributed by atoms with Crippen LogP contribution in [0.3, 0.4) is 0 Å². The number of nitrogens with one attached hydrogen (secondary N) is 2. The molecule has 0 aliphatic heterocycles. The van der Waals surface area contributed by atoms with Crippen molar-refractivity contribution in [3.63, 3.8) is 0 Å². The number of nitrogens with two attached hydrogens (primary N) is 1. The third kappa shape index (κ3) is 4.93. The van der Waals surface area contributed by atoms with Gasteiger partial charge in [-0.25, -0.2) is 8.78 Å². The summed E-state index contributed by atoms with van der Waals surface area (Å²) in [7, 11) is 0. The van der Waals surface area contributed by atoms with Gasteiger partial charge in [0.2, 0.25) is 5.91 Å². The zero-order chi connectivity index (χ0) is 16.2. The van der Waals surface area contributed by atoms with Gasteiger partial charge in [-0.1, -0.05) is 26.1 Å². The number of hydrogen-bond acceptors (Lipinski definition) is 3. The van der Waals surface area contributed by atoms with Gasteiger partial charge in [0.1, 0.15) is 28.4 Å². The first kappa shape index (κ1) is 17.3. The lowest BCUT2D eigenvalue weighted by Gasteiger charge is -2.17. The molecule has 4 nitrogen and oxygen atoms in total. The highest BCUT2D eigenvalue weighted by atomic mass is 32.1. The number of amides is 1. The van der Waals surface area contributed by atoms with Crippen LogP contribution in [0.15, 0.2) is 12.1 Å². The zero-order valence-electron chi connectivity index (χ0n) is 12.2. The lowest BCUT2D eigenvalue weighted by molar-refractivity contribution is -0.121. The second-order valence-corrected chi connectivity index (χ2v) is 5.62. The monoisotopic (exact) mass is 315 g/mol. The van der Waals surface area contributed by atoms with Crippen molar-refractivity contribution in [2.24, 2.45) is 11.7 Å². The van der Waals surface area contributed by atoms with E-state index < -0.39 is 17.7 Å². The number of thiocarbonyl (C=S) groups is 1. The van der Waals surface area contributed by atoms with Crippen molar-refractivity contribution in [3.05, 3.63) is 29.3 Å². The van der Waals surface area contributed by atoms with E-state index in [0.717, 1.165) is 12.1 Å². The summed E-state index contributed by atoms with van der Waals surface area (Å²) in [6.45, 7) is 5.92. The number of carbonyl (C=O) groups excluding carboxylic acids is 1.